The van der Waals surface area contributed by atoms with Crippen LogP contribution < -0.4 is 10.1 Å². The van der Waals surface area contributed by atoms with E-state index in [1.165, 1.54) is 11.8 Å². The number of benzene rings is 2. The van der Waals surface area contributed by atoms with Crippen LogP contribution in [-0.4, -0.2) is 33.2 Å². The van der Waals surface area contributed by atoms with Gasteiger partial charge >= 0.3 is 0 Å². The van der Waals surface area contributed by atoms with Gasteiger partial charge in [-0.15, -0.1) is 5.10 Å². The number of thioether (sulfide) groups is 1. The molecule has 0 unspecified atom stereocenters. The standard InChI is InChI=1S/C24H22ClN5O2S/c1-32-20-10-6-17(7-11-20)21(13-22(31)27-15-16-3-2-12-26-14-16)33-24-28-23(29-30-24)18-4-8-19(25)9-5-18/h2-12,14,21H,13,15H2,1H3,(H,27,31)(H,28,29,30)/t21-/m0/s1. The molecule has 0 radical (unpaired) electrons. The highest BCUT2D eigenvalue weighted by Crippen LogP contribution is 2.37. The molecule has 168 valence electrons. The zero-order chi connectivity index (χ0) is 23.0. The molecule has 2 N–H and O–H groups in total. The molecule has 4 rings (SSSR count). The highest BCUT2D eigenvalue weighted by Gasteiger charge is 2.20. The number of halogens is 1. The third-order valence-corrected chi connectivity index (χ3v) is 6.27. The Labute approximate surface area is 201 Å². The number of aromatic nitrogens is 4. The van der Waals surface area contributed by atoms with Gasteiger partial charge in [0.05, 0.1) is 7.11 Å². The van der Waals surface area contributed by atoms with Crippen LogP contribution >= 0.6 is 23.4 Å². The summed E-state index contributed by atoms with van der Waals surface area (Å²) >= 11 is 7.41. The first-order chi connectivity index (χ1) is 16.1. The lowest BCUT2D eigenvalue weighted by Gasteiger charge is -2.16. The summed E-state index contributed by atoms with van der Waals surface area (Å²) in [6.45, 7) is 0.425. The molecule has 0 spiro atoms. The number of methoxy groups -OCH3 is 1. The van der Waals surface area contributed by atoms with E-state index >= 15 is 0 Å². The van der Waals surface area contributed by atoms with Gasteiger partial charge in [-0.05, 0) is 53.6 Å². The summed E-state index contributed by atoms with van der Waals surface area (Å²) in [6, 6.07) is 18.8. The molecule has 4 aromatic rings. The number of hydrogen-bond donors (Lipinski definition) is 2. The number of amides is 1. The van der Waals surface area contributed by atoms with E-state index in [0.29, 0.717) is 22.5 Å². The van der Waals surface area contributed by atoms with Crippen LogP contribution in [0.1, 0.15) is 22.8 Å². The molecule has 0 bridgehead atoms. The van der Waals surface area contributed by atoms with Crippen molar-refractivity contribution < 1.29 is 9.53 Å². The molecule has 0 aliphatic carbocycles. The molecule has 0 saturated carbocycles. The normalized spacial score (nSPS) is 11.7. The molecule has 7 nitrogen and oxygen atoms in total. The monoisotopic (exact) mass is 479 g/mol. The first-order valence-corrected chi connectivity index (χ1v) is 11.5. The summed E-state index contributed by atoms with van der Waals surface area (Å²) in [5.41, 5.74) is 2.81. The van der Waals surface area contributed by atoms with Crippen LogP contribution in [0.5, 0.6) is 5.75 Å². The van der Waals surface area contributed by atoms with Gasteiger partial charge in [0.15, 0.2) is 5.82 Å². The average molecular weight is 480 g/mol. The third kappa shape index (κ3) is 6.34. The van der Waals surface area contributed by atoms with Crippen LogP contribution in [0.15, 0.2) is 78.2 Å². The Kier molecular flexibility index (Phi) is 7.59. The Bertz CT molecular complexity index is 1180. The number of carbonyl (C=O) groups excluding carboxylic acids is 1. The molecule has 0 fully saturated rings. The summed E-state index contributed by atoms with van der Waals surface area (Å²) < 4.78 is 5.27. The number of aromatic amines is 1. The highest BCUT2D eigenvalue weighted by atomic mass is 35.5. The second kappa shape index (κ2) is 11.0. The van der Waals surface area contributed by atoms with Crippen LogP contribution in [0.25, 0.3) is 11.4 Å². The highest BCUT2D eigenvalue weighted by molar-refractivity contribution is 7.99. The zero-order valence-corrected chi connectivity index (χ0v) is 19.4. The Morgan fingerprint density at radius 3 is 2.64 bits per heavy atom. The lowest BCUT2D eigenvalue weighted by atomic mass is 10.1. The molecular formula is C24H22ClN5O2S. The van der Waals surface area contributed by atoms with Crippen molar-refractivity contribution in [2.24, 2.45) is 0 Å². The second-order valence-corrected chi connectivity index (χ2v) is 8.80. The second-order valence-electron chi connectivity index (χ2n) is 7.20. The minimum atomic E-state index is -0.182. The van der Waals surface area contributed by atoms with E-state index in [0.717, 1.165) is 22.4 Å². The molecule has 9 heteroatoms. The smallest absolute Gasteiger partial charge is 0.221 e. The Morgan fingerprint density at radius 1 is 1.15 bits per heavy atom. The van der Waals surface area contributed by atoms with E-state index in [-0.39, 0.29) is 17.6 Å². The lowest BCUT2D eigenvalue weighted by molar-refractivity contribution is -0.121. The van der Waals surface area contributed by atoms with Crippen molar-refractivity contribution in [2.45, 2.75) is 23.4 Å². The van der Waals surface area contributed by atoms with E-state index in [4.69, 9.17) is 16.3 Å². The molecule has 0 aliphatic rings. The maximum absolute atomic E-state index is 12.7. The molecule has 1 amide bonds. The number of pyridine rings is 1. The SMILES string of the molecule is COc1ccc([C@H](CC(=O)NCc2cccnc2)Sc2n[nH]c(-c3ccc(Cl)cc3)n2)cc1. The van der Waals surface area contributed by atoms with Crippen molar-refractivity contribution in [3.63, 3.8) is 0 Å². The van der Waals surface area contributed by atoms with Gasteiger partial charge in [-0.3, -0.25) is 14.9 Å². The van der Waals surface area contributed by atoms with E-state index in [2.05, 4.69) is 25.5 Å². The maximum Gasteiger partial charge on any atom is 0.221 e. The van der Waals surface area contributed by atoms with E-state index < -0.39 is 0 Å². The first-order valence-electron chi connectivity index (χ1n) is 10.3. The molecule has 1 atom stereocenters. The van der Waals surface area contributed by atoms with Crippen molar-refractivity contribution in [3.8, 4) is 17.1 Å². The number of rotatable bonds is 9. The molecule has 0 saturated heterocycles. The van der Waals surface area contributed by atoms with Crippen molar-refractivity contribution in [2.75, 3.05) is 7.11 Å². The molecule has 2 heterocycles. The van der Waals surface area contributed by atoms with Crippen LogP contribution in [-0.2, 0) is 11.3 Å². The number of nitrogens with zero attached hydrogens (tertiary/aromatic N) is 3. The largest absolute Gasteiger partial charge is 0.497 e. The van der Waals surface area contributed by atoms with Gasteiger partial charge < -0.3 is 10.1 Å². The van der Waals surface area contributed by atoms with E-state index in [1.807, 2.05) is 48.5 Å². The van der Waals surface area contributed by atoms with Gasteiger partial charge in [0.2, 0.25) is 11.1 Å². The third-order valence-electron chi connectivity index (χ3n) is 4.90. The van der Waals surface area contributed by atoms with Gasteiger partial charge in [-0.2, -0.15) is 0 Å². The van der Waals surface area contributed by atoms with Crippen LogP contribution in [0.2, 0.25) is 5.02 Å². The molecule has 0 aliphatic heterocycles. The number of nitrogens with one attached hydrogen (secondary N) is 2. The fraction of sp³-hybridized carbons (Fsp3) is 0.167. The summed E-state index contributed by atoms with van der Waals surface area (Å²) in [4.78, 5) is 21.4. The minimum absolute atomic E-state index is 0.0689. The summed E-state index contributed by atoms with van der Waals surface area (Å²) in [7, 11) is 1.62. The summed E-state index contributed by atoms with van der Waals surface area (Å²) in [5.74, 6) is 1.33. The van der Waals surface area contributed by atoms with Gasteiger partial charge in [-0.1, -0.05) is 41.6 Å². The zero-order valence-electron chi connectivity index (χ0n) is 17.9. The van der Waals surface area contributed by atoms with E-state index in [1.54, 1.807) is 31.6 Å². The maximum atomic E-state index is 12.7. The van der Waals surface area contributed by atoms with E-state index in [9.17, 15) is 4.79 Å². The van der Waals surface area contributed by atoms with Crippen molar-refractivity contribution in [3.05, 3.63) is 89.2 Å². The minimum Gasteiger partial charge on any atom is -0.497 e. The molecule has 2 aromatic carbocycles. The van der Waals surface area contributed by atoms with Gasteiger partial charge in [0.1, 0.15) is 5.75 Å². The van der Waals surface area contributed by atoms with Crippen LogP contribution in [0, 0.1) is 0 Å². The topological polar surface area (TPSA) is 92.8 Å². The molecular weight excluding hydrogens is 458 g/mol. The Morgan fingerprint density at radius 2 is 1.94 bits per heavy atom. The summed E-state index contributed by atoms with van der Waals surface area (Å²) in [6.07, 6.45) is 3.71. The average Bonchev–Trinajstić information content (AvgIpc) is 3.32. The lowest BCUT2D eigenvalue weighted by Crippen LogP contribution is -2.24. The Balaban J connectivity index is 1.48. The quantitative estimate of drug-likeness (QED) is 0.326. The fourth-order valence-corrected chi connectivity index (χ4v) is 4.30. The summed E-state index contributed by atoms with van der Waals surface area (Å²) in [5, 5.41) is 11.3. The Hall–Kier alpha value is -3.36. The number of ether oxygens (including phenoxy) is 1. The van der Waals surface area contributed by atoms with Gasteiger partial charge in [-0.25, -0.2) is 4.98 Å². The molecule has 33 heavy (non-hydrogen) atoms. The van der Waals surface area contributed by atoms with Crippen LogP contribution in [0.4, 0.5) is 0 Å². The number of carbonyl (C=O) groups is 1. The van der Waals surface area contributed by atoms with Crippen molar-refractivity contribution >= 4 is 29.3 Å². The number of H-pyrrole nitrogens is 1. The fourth-order valence-electron chi connectivity index (χ4n) is 3.15. The predicted molar refractivity (Wildman–Crippen MR) is 129 cm³/mol. The van der Waals surface area contributed by atoms with Crippen molar-refractivity contribution in [1.29, 1.82) is 0 Å². The van der Waals surface area contributed by atoms with Gasteiger partial charge in [0.25, 0.3) is 0 Å². The van der Waals surface area contributed by atoms with Crippen LogP contribution in [0.3, 0.4) is 0 Å². The van der Waals surface area contributed by atoms with Crippen molar-refractivity contribution in [1.82, 2.24) is 25.5 Å². The predicted octanol–water partition coefficient (Wildman–Crippen LogP) is 5.07. The number of hydrogen-bond acceptors (Lipinski definition) is 6. The van der Waals surface area contributed by atoms with Gasteiger partial charge in [0, 0.05) is 41.2 Å². The first kappa shape index (κ1) is 22.8. The molecule has 2 aromatic heterocycles.